The van der Waals surface area contributed by atoms with Gasteiger partial charge in [0, 0.05) is 12.8 Å². The van der Waals surface area contributed by atoms with Crippen molar-refractivity contribution in [1.29, 1.82) is 0 Å². The molecule has 0 heterocycles. The quantitative estimate of drug-likeness (QED) is 0.0195. The zero-order valence-corrected chi connectivity index (χ0v) is 57.3. The Morgan fingerprint density at radius 1 is 0.361 bits per heavy atom. The molecule has 0 aromatic heterocycles. The number of hydrogen-bond donors (Lipinski definition) is 0. The third-order valence-corrected chi connectivity index (χ3v) is 18.0. The maximum atomic E-state index is 12.9. The Balaban J connectivity index is 3.83. The Kier molecular flexibility index (Phi) is 64.2. The van der Waals surface area contributed by atoms with Crippen LogP contribution in [0.4, 0.5) is 0 Å². The molecule has 0 rings (SSSR count). The van der Waals surface area contributed by atoms with Crippen molar-refractivity contribution in [3.8, 4) is 0 Å². The van der Waals surface area contributed by atoms with Crippen LogP contribution in [0, 0.1) is 0 Å². The van der Waals surface area contributed by atoms with Gasteiger partial charge >= 0.3 is 11.9 Å². The zero-order chi connectivity index (χ0) is 60.5. The van der Waals surface area contributed by atoms with E-state index >= 15 is 0 Å². The average molecular weight is 1190 g/mol. The smallest absolute Gasteiger partial charge is 0.306 e. The molecule has 83 heavy (non-hydrogen) atoms. The maximum Gasteiger partial charge on any atom is 0.306 e. The Labute approximate surface area is 517 Å². The van der Waals surface area contributed by atoms with E-state index in [1.54, 1.807) is 0 Å². The predicted octanol–water partition coefficient (Wildman–Crippen LogP) is 23.3. The Morgan fingerprint density at radius 3 is 0.892 bits per heavy atom. The van der Waals surface area contributed by atoms with Crippen LogP contribution in [0.5, 0.6) is 0 Å². The molecule has 0 bridgehead atoms. The Hall–Kier alpha value is -1.25. The van der Waals surface area contributed by atoms with E-state index in [1.165, 1.54) is 327 Å². The third kappa shape index (κ3) is 69.7. The van der Waals surface area contributed by atoms with E-state index in [2.05, 4.69) is 26.0 Å². The van der Waals surface area contributed by atoms with Crippen LogP contribution in [-0.2, 0) is 32.7 Å². The SMILES string of the molecule is CCCCCCCCCC/C=C\CCCCCCCCCCCCCCCCCCCCCCCCCCCCCCCC(=O)OC(COC(=O)CCCCCCCCCCCCCCCCCCCC)COP(=O)([O-])OCC[N+](C)(C)C. The van der Waals surface area contributed by atoms with E-state index in [0.717, 1.165) is 32.1 Å². The molecule has 494 valence electrons. The molecule has 9 nitrogen and oxygen atoms in total. The fraction of sp³-hybridized carbons (Fsp3) is 0.945. The minimum absolute atomic E-state index is 0.0255. The van der Waals surface area contributed by atoms with Crippen LogP contribution in [0.2, 0.25) is 0 Å². The Bertz CT molecular complexity index is 1400. The van der Waals surface area contributed by atoms with Crippen LogP contribution in [0.25, 0.3) is 0 Å². The van der Waals surface area contributed by atoms with Crippen LogP contribution < -0.4 is 4.89 Å². The summed E-state index contributed by atoms with van der Waals surface area (Å²) in [6.07, 6.45) is 80.5. The number of ether oxygens (including phenoxy) is 2. The van der Waals surface area contributed by atoms with E-state index in [9.17, 15) is 19.0 Å². The summed E-state index contributed by atoms with van der Waals surface area (Å²) in [5.41, 5.74) is 0. The highest BCUT2D eigenvalue weighted by atomic mass is 31.2. The highest BCUT2D eigenvalue weighted by molar-refractivity contribution is 7.45. The maximum absolute atomic E-state index is 12.9. The molecule has 0 amide bonds. The number of esters is 2. The molecule has 0 aliphatic rings. The van der Waals surface area contributed by atoms with Crippen molar-refractivity contribution in [2.75, 3.05) is 47.5 Å². The summed E-state index contributed by atoms with van der Waals surface area (Å²) in [6, 6.07) is 0. The van der Waals surface area contributed by atoms with Crippen LogP contribution in [0.15, 0.2) is 12.2 Å². The molecule has 0 aliphatic carbocycles. The Morgan fingerprint density at radius 2 is 0.614 bits per heavy atom. The number of unbranched alkanes of at least 4 members (excludes halogenated alkanes) is 54. The molecule has 0 radical (unpaired) electrons. The van der Waals surface area contributed by atoms with E-state index in [-0.39, 0.29) is 32.0 Å². The molecule has 0 N–H and O–H groups in total. The number of phosphoric acid groups is 1. The molecule has 0 saturated carbocycles. The van der Waals surface area contributed by atoms with Crippen molar-refractivity contribution >= 4 is 19.8 Å². The molecule has 0 aliphatic heterocycles. The lowest BCUT2D eigenvalue weighted by molar-refractivity contribution is -0.870. The van der Waals surface area contributed by atoms with Gasteiger partial charge in [-0.05, 0) is 38.5 Å². The van der Waals surface area contributed by atoms with Crippen LogP contribution in [0.3, 0.4) is 0 Å². The van der Waals surface area contributed by atoms with Gasteiger partial charge in [-0.1, -0.05) is 353 Å². The molecule has 10 heteroatoms. The standard InChI is InChI=1S/C73H144NO8P/c1-6-8-10-12-14-16-18-20-22-24-26-27-28-29-30-31-32-33-34-35-36-37-38-39-40-41-42-43-44-45-46-47-48-50-52-54-56-58-60-62-64-66-73(76)82-71(70-81-83(77,78)80-68-67-74(3,4)5)69-79-72(75)65-63-61-59-57-55-53-51-49-25-23-21-19-17-15-13-11-9-7-2/h24,26,71H,6-23,25,27-70H2,1-5H3/b26-24-. The average Bonchev–Trinajstić information content (AvgIpc) is 3.48. The predicted molar refractivity (Wildman–Crippen MR) is 356 cm³/mol. The van der Waals surface area contributed by atoms with Crippen molar-refractivity contribution in [3.05, 3.63) is 12.2 Å². The zero-order valence-electron chi connectivity index (χ0n) is 56.4. The van der Waals surface area contributed by atoms with Gasteiger partial charge in [-0.15, -0.1) is 0 Å². The van der Waals surface area contributed by atoms with Crippen molar-refractivity contribution in [2.24, 2.45) is 0 Å². The van der Waals surface area contributed by atoms with Gasteiger partial charge in [0.1, 0.15) is 19.8 Å². The summed E-state index contributed by atoms with van der Waals surface area (Å²) in [7, 11) is 1.19. The van der Waals surface area contributed by atoms with Gasteiger partial charge in [-0.25, -0.2) is 0 Å². The molecule has 0 fully saturated rings. The van der Waals surface area contributed by atoms with Gasteiger partial charge in [0.05, 0.1) is 27.7 Å². The minimum atomic E-state index is -4.63. The lowest BCUT2D eigenvalue weighted by Gasteiger charge is -2.28. The van der Waals surface area contributed by atoms with Gasteiger partial charge in [-0.2, -0.15) is 0 Å². The summed E-state index contributed by atoms with van der Waals surface area (Å²) < 4.78 is 34.3. The fourth-order valence-electron chi connectivity index (χ4n) is 11.4. The number of rotatable bonds is 70. The van der Waals surface area contributed by atoms with E-state index in [4.69, 9.17) is 18.5 Å². The molecule has 0 spiro atoms. The normalized spacial score (nSPS) is 13.1. The topological polar surface area (TPSA) is 111 Å². The first-order valence-corrected chi connectivity index (χ1v) is 38.4. The number of carbonyl (C=O) groups is 2. The van der Waals surface area contributed by atoms with E-state index in [0.29, 0.717) is 17.4 Å². The second-order valence-electron chi connectivity index (χ2n) is 26.7. The molecule has 2 atom stereocenters. The second kappa shape index (κ2) is 65.2. The van der Waals surface area contributed by atoms with Crippen molar-refractivity contribution < 1.29 is 42.1 Å². The fourth-order valence-corrected chi connectivity index (χ4v) is 12.1. The van der Waals surface area contributed by atoms with Crippen LogP contribution in [-0.4, -0.2) is 70.0 Å². The first-order chi connectivity index (χ1) is 40.5. The van der Waals surface area contributed by atoms with Gasteiger partial charge in [0.25, 0.3) is 7.82 Å². The number of phosphoric ester groups is 1. The summed E-state index contributed by atoms with van der Waals surface area (Å²) >= 11 is 0. The number of carbonyl (C=O) groups excluding carboxylic acids is 2. The molecular weight excluding hydrogens is 1050 g/mol. The lowest BCUT2D eigenvalue weighted by Crippen LogP contribution is -2.37. The number of likely N-dealkylation sites (N-methyl/N-ethyl adjacent to an activating group) is 1. The number of allylic oxidation sites excluding steroid dienone is 2. The summed E-state index contributed by atoms with van der Waals surface area (Å²) in [5, 5.41) is 0. The van der Waals surface area contributed by atoms with E-state index in [1.807, 2.05) is 21.1 Å². The summed E-state index contributed by atoms with van der Waals surface area (Å²) in [5.74, 6) is -0.806. The van der Waals surface area contributed by atoms with Crippen molar-refractivity contribution in [2.45, 2.75) is 399 Å². The third-order valence-electron chi connectivity index (χ3n) is 17.0. The molecular formula is C73H144NO8P. The first-order valence-electron chi connectivity index (χ1n) is 36.9. The summed E-state index contributed by atoms with van der Waals surface area (Å²) in [4.78, 5) is 38.0. The van der Waals surface area contributed by atoms with Crippen molar-refractivity contribution in [1.82, 2.24) is 0 Å². The van der Waals surface area contributed by atoms with Gasteiger partial charge in [0.2, 0.25) is 0 Å². The number of hydrogen-bond acceptors (Lipinski definition) is 8. The number of quaternary nitrogens is 1. The molecule has 2 unspecified atom stereocenters. The van der Waals surface area contributed by atoms with Crippen LogP contribution >= 0.6 is 7.82 Å². The highest BCUT2D eigenvalue weighted by Gasteiger charge is 2.22. The largest absolute Gasteiger partial charge is 0.756 e. The molecule has 0 aromatic carbocycles. The molecule has 0 saturated heterocycles. The summed E-state index contributed by atoms with van der Waals surface area (Å²) in [6.45, 7) is 4.32. The monoisotopic (exact) mass is 1190 g/mol. The van der Waals surface area contributed by atoms with E-state index < -0.39 is 26.5 Å². The van der Waals surface area contributed by atoms with Gasteiger partial charge in [-0.3, -0.25) is 14.2 Å². The molecule has 0 aromatic rings. The van der Waals surface area contributed by atoms with Gasteiger partial charge < -0.3 is 27.9 Å². The first kappa shape index (κ1) is 81.8. The van der Waals surface area contributed by atoms with Crippen LogP contribution in [0.1, 0.15) is 393 Å². The lowest BCUT2D eigenvalue weighted by atomic mass is 10.0. The highest BCUT2D eigenvalue weighted by Crippen LogP contribution is 2.38. The number of nitrogens with zero attached hydrogens (tertiary/aromatic N) is 1. The second-order valence-corrected chi connectivity index (χ2v) is 28.1. The minimum Gasteiger partial charge on any atom is -0.756 e. The van der Waals surface area contributed by atoms with Gasteiger partial charge in [0.15, 0.2) is 6.10 Å². The van der Waals surface area contributed by atoms with Crippen molar-refractivity contribution in [3.63, 3.8) is 0 Å².